The van der Waals surface area contributed by atoms with Gasteiger partial charge in [0.2, 0.25) is 11.8 Å². The summed E-state index contributed by atoms with van der Waals surface area (Å²) in [5.41, 5.74) is 4.90. The molecule has 1 N–H and O–H groups in total. The number of likely N-dealkylation sites (N-methyl/N-ethyl adjacent to an activating group) is 1. The van der Waals surface area contributed by atoms with Crippen LogP contribution >= 0.6 is 0 Å². The monoisotopic (exact) mass is 536 g/mol. The molecule has 0 aliphatic carbocycles. The number of aryl methyl sites for hydroxylation is 1. The minimum atomic E-state index is -0.220. The van der Waals surface area contributed by atoms with Gasteiger partial charge in [-0.3, -0.25) is 19.0 Å². The van der Waals surface area contributed by atoms with Gasteiger partial charge in [-0.05, 0) is 40.0 Å². The Balaban J connectivity index is 1.72. The van der Waals surface area contributed by atoms with Crippen molar-refractivity contribution in [1.82, 2.24) is 38.8 Å². The lowest BCUT2D eigenvalue weighted by Gasteiger charge is -2.24. The molecule has 0 aromatic carbocycles. The van der Waals surface area contributed by atoms with Gasteiger partial charge in [-0.15, -0.1) is 5.10 Å². The molecule has 0 fully saturated rings. The van der Waals surface area contributed by atoms with Crippen LogP contribution in [0.5, 0.6) is 11.8 Å². The molecular weight excluding hydrogens is 500 g/mol. The summed E-state index contributed by atoms with van der Waals surface area (Å²) < 4.78 is 23.5. The molecule has 0 amide bonds. The van der Waals surface area contributed by atoms with Crippen molar-refractivity contribution in [3.63, 3.8) is 0 Å². The van der Waals surface area contributed by atoms with E-state index in [0.717, 1.165) is 33.9 Å². The van der Waals surface area contributed by atoms with E-state index in [-0.39, 0.29) is 18.8 Å². The first-order valence-electron chi connectivity index (χ1n) is 13.1. The molecule has 12 heteroatoms. The lowest BCUT2D eigenvalue weighted by molar-refractivity contribution is 0.145. The van der Waals surface area contributed by atoms with Crippen molar-refractivity contribution in [1.29, 1.82) is 0 Å². The summed E-state index contributed by atoms with van der Waals surface area (Å²) in [5.74, 6) is 1.87. The second-order valence-electron chi connectivity index (χ2n) is 9.90. The maximum Gasteiger partial charge on any atom is 0.240 e. The van der Waals surface area contributed by atoms with Gasteiger partial charge in [0.1, 0.15) is 17.6 Å². The van der Waals surface area contributed by atoms with Crippen molar-refractivity contribution in [2.45, 2.75) is 46.1 Å². The predicted molar refractivity (Wildman–Crippen MR) is 146 cm³/mol. The van der Waals surface area contributed by atoms with Gasteiger partial charge in [0.05, 0.1) is 66.3 Å². The second-order valence-corrected chi connectivity index (χ2v) is 9.90. The fourth-order valence-electron chi connectivity index (χ4n) is 4.98. The highest BCUT2D eigenvalue weighted by Gasteiger charge is 2.26. The van der Waals surface area contributed by atoms with Crippen LogP contribution in [-0.2, 0) is 24.9 Å². The molecule has 0 saturated carbocycles. The Morgan fingerprint density at radius 2 is 1.97 bits per heavy atom. The maximum absolute atomic E-state index is 9.97. The number of methoxy groups -OCH3 is 1. The Bertz CT molecular complexity index is 1490. The third-order valence-corrected chi connectivity index (χ3v) is 6.73. The first-order valence-corrected chi connectivity index (χ1v) is 13.1. The highest BCUT2D eigenvalue weighted by Crippen LogP contribution is 2.34. The standard InChI is InChI=1S/C27H36N8O4/c1-7-38-26-20-8-9-24-29-11-19-10-28-21(13-34(19)24)25-22(16-37-6)30-33(5)27(25)39-18(3)12-32(4)14-23(20)35(31-26)17(2)15-36/h8-11,13,17-18,36H,7,12,14-16H2,1-6H3/b9-8+/t17-,18-/m0/s1. The summed E-state index contributed by atoms with van der Waals surface area (Å²) in [4.78, 5) is 11.5. The van der Waals surface area contributed by atoms with Gasteiger partial charge in [-0.1, -0.05) is 0 Å². The van der Waals surface area contributed by atoms with E-state index < -0.39 is 0 Å². The normalized spacial score (nSPS) is 17.8. The number of fused-ring (bicyclic) bond motifs is 4. The van der Waals surface area contributed by atoms with Crippen LogP contribution < -0.4 is 9.47 Å². The van der Waals surface area contributed by atoms with Gasteiger partial charge < -0.3 is 19.3 Å². The SMILES string of the molecule is CCOc1nn([C@@H](C)CO)c2c1/C=C/c1ncc3cnc(cn13)-c1c(COC)nn(C)c1O[C@@H](C)CN(C)C2. The molecule has 0 radical (unpaired) electrons. The van der Waals surface area contributed by atoms with Gasteiger partial charge in [0, 0.05) is 33.4 Å². The van der Waals surface area contributed by atoms with Crippen LogP contribution in [0.4, 0.5) is 0 Å². The van der Waals surface area contributed by atoms with E-state index >= 15 is 0 Å². The Morgan fingerprint density at radius 1 is 1.18 bits per heavy atom. The van der Waals surface area contributed by atoms with E-state index in [0.29, 0.717) is 43.8 Å². The molecule has 0 spiro atoms. The summed E-state index contributed by atoms with van der Waals surface area (Å²) in [6, 6.07) is -0.220. The van der Waals surface area contributed by atoms with E-state index in [4.69, 9.17) is 24.3 Å². The van der Waals surface area contributed by atoms with Gasteiger partial charge in [0.15, 0.2) is 0 Å². The summed E-state index contributed by atoms with van der Waals surface area (Å²) >= 11 is 0. The molecule has 12 nitrogen and oxygen atoms in total. The third kappa shape index (κ3) is 5.14. The number of aliphatic hydroxyl groups excluding tert-OH is 1. The smallest absolute Gasteiger partial charge is 0.240 e. The molecule has 39 heavy (non-hydrogen) atoms. The zero-order valence-corrected chi connectivity index (χ0v) is 23.3. The molecule has 4 aromatic heterocycles. The molecule has 2 bridgehead atoms. The Kier molecular flexibility index (Phi) is 7.69. The van der Waals surface area contributed by atoms with Gasteiger partial charge in [-0.2, -0.15) is 5.10 Å². The van der Waals surface area contributed by atoms with Gasteiger partial charge >= 0.3 is 0 Å². The lowest BCUT2D eigenvalue weighted by atomic mass is 10.2. The quantitative estimate of drug-likeness (QED) is 0.397. The molecule has 1 aliphatic rings. The van der Waals surface area contributed by atoms with E-state index in [1.54, 1.807) is 24.2 Å². The number of nitrogens with zero attached hydrogens (tertiary/aromatic N) is 8. The predicted octanol–water partition coefficient (Wildman–Crippen LogP) is 2.81. The summed E-state index contributed by atoms with van der Waals surface area (Å²) in [6.07, 6.45) is 9.29. The fourth-order valence-corrected chi connectivity index (χ4v) is 4.98. The van der Waals surface area contributed by atoms with Crippen LogP contribution in [0.15, 0.2) is 18.6 Å². The van der Waals surface area contributed by atoms with Crippen molar-refractivity contribution in [2.24, 2.45) is 7.05 Å². The van der Waals surface area contributed by atoms with E-state index in [1.165, 1.54) is 0 Å². The molecule has 5 rings (SSSR count). The molecular formula is C27H36N8O4. The van der Waals surface area contributed by atoms with Crippen molar-refractivity contribution in [3.05, 3.63) is 41.4 Å². The summed E-state index contributed by atoms with van der Waals surface area (Å²) in [6.45, 7) is 7.86. The highest BCUT2D eigenvalue weighted by molar-refractivity contribution is 5.74. The average molecular weight is 537 g/mol. The number of aliphatic hydroxyl groups is 1. The summed E-state index contributed by atoms with van der Waals surface area (Å²) in [7, 11) is 5.55. The van der Waals surface area contributed by atoms with E-state index in [9.17, 15) is 5.11 Å². The van der Waals surface area contributed by atoms with Crippen molar-refractivity contribution in [3.8, 4) is 23.0 Å². The van der Waals surface area contributed by atoms with E-state index in [2.05, 4.69) is 15.0 Å². The number of aromatic nitrogens is 7. The molecule has 0 saturated heterocycles. The van der Waals surface area contributed by atoms with Crippen LogP contribution in [0, 0.1) is 0 Å². The second kappa shape index (κ2) is 11.2. The minimum absolute atomic E-state index is 0.0413. The first kappa shape index (κ1) is 26.9. The van der Waals surface area contributed by atoms with Crippen LogP contribution in [-0.4, -0.2) is 84.0 Å². The molecule has 0 unspecified atom stereocenters. The largest absolute Gasteiger partial charge is 0.476 e. The minimum Gasteiger partial charge on any atom is -0.476 e. The van der Waals surface area contributed by atoms with Crippen molar-refractivity contribution >= 4 is 17.7 Å². The molecule has 1 aliphatic heterocycles. The Labute approximate surface area is 227 Å². The number of ether oxygens (including phenoxy) is 3. The number of hydrogen-bond donors (Lipinski definition) is 1. The lowest BCUT2D eigenvalue weighted by Crippen LogP contribution is -2.32. The maximum atomic E-state index is 9.97. The molecule has 4 aromatic rings. The topological polar surface area (TPSA) is 117 Å². The Morgan fingerprint density at radius 3 is 2.72 bits per heavy atom. The van der Waals surface area contributed by atoms with Crippen LogP contribution in [0.2, 0.25) is 0 Å². The zero-order chi connectivity index (χ0) is 27.7. The highest BCUT2D eigenvalue weighted by atomic mass is 16.5. The van der Waals surface area contributed by atoms with Crippen LogP contribution in [0.1, 0.15) is 49.6 Å². The summed E-state index contributed by atoms with van der Waals surface area (Å²) in [5, 5.41) is 19.4. The fraction of sp³-hybridized carbons (Fsp3) is 0.481. The molecule has 208 valence electrons. The van der Waals surface area contributed by atoms with Crippen LogP contribution in [0.25, 0.3) is 28.9 Å². The van der Waals surface area contributed by atoms with Crippen molar-refractivity contribution in [2.75, 3.05) is 33.9 Å². The molecule has 2 atom stereocenters. The number of rotatable bonds is 6. The number of hydrogen-bond acceptors (Lipinski definition) is 9. The number of imidazole rings is 1. The zero-order valence-electron chi connectivity index (χ0n) is 23.3. The first-order chi connectivity index (χ1) is 18.8. The van der Waals surface area contributed by atoms with Gasteiger partial charge in [0.25, 0.3) is 0 Å². The van der Waals surface area contributed by atoms with E-state index in [1.807, 2.05) is 62.3 Å². The molecule has 5 heterocycles. The third-order valence-electron chi connectivity index (χ3n) is 6.73. The van der Waals surface area contributed by atoms with Crippen molar-refractivity contribution < 1.29 is 19.3 Å². The Hall–Kier alpha value is -3.74. The van der Waals surface area contributed by atoms with Gasteiger partial charge in [-0.25, -0.2) is 9.67 Å². The van der Waals surface area contributed by atoms with Crippen LogP contribution in [0.3, 0.4) is 0 Å². The average Bonchev–Trinajstić information content (AvgIpc) is 3.55.